The molecule has 0 saturated carbocycles. The summed E-state index contributed by atoms with van der Waals surface area (Å²) in [4.78, 5) is 15.7. The van der Waals surface area contributed by atoms with Crippen LogP contribution in [0.3, 0.4) is 0 Å². The minimum atomic E-state index is -0.171. The van der Waals surface area contributed by atoms with E-state index in [-0.39, 0.29) is 12.6 Å². The largest absolute Gasteiger partial charge is 0.461 e. The fraction of sp³-hybridized carbons (Fsp3) is 0.636. The molecular formula is C22H34FNO2. The molecule has 0 aliphatic heterocycles. The van der Waals surface area contributed by atoms with Crippen molar-refractivity contribution in [1.82, 2.24) is 4.98 Å². The number of carbonyl (C=O) groups excluding carboxylic acids is 1. The Balaban J connectivity index is 1.84. The molecule has 3 nitrogen and oxygen atoms in total. The fourth-order valence-corrected chi connectivity index (χ4v) is 2.73. The predicted molar refractivity (Wildman–Crippen MR) is 105 cm³/mol. The van der Waals surface area contributed by atoms with E-state index < -0.39 is 0 Å². The number of unbranched alkanes of at least 4 members (excludes halogenated alkanes) is 9. The third-order valence-electron chi connectivity index (χ3n) is 4.30. The number of hydrogen-bond acceptors (Lipinski definition) is 3. The second kappa shape index (κ2) is 16.7. The number of esters is 1. The van der Waals surface area contributed by atoms with Gasteiger partial charge in [0, 0.05) is 24.4 Å². The molecule has 0 fully saturated rings. The van der Waals surface area contributed by atoms with Crippen molar-refractivity contribution in [3.8, 4) is 0 Å². The number of halogens is 1. The van der Waals surface area contributed by atoms with E-state index in [0.29, 0.717) is 13.0 Å². The molecule has 0 aliphatic rings. The average molecular weight is 364 g/mol. The number of rotatable bonds is 16. The topological polar surface area (TPSA) is 39.2 Å². The van der Waals surface area contributed by atoms with Gasteiger partial charge in [-0.1, -0.05) is 50.3 Å². The third kappa shape index (κ3) is 13.6. The smallest absolute Gasteiger partial charge is 0.306 e. The second-order valence-corrected chi connectivity index (χ2v) is 6.69. The molecule has 1 heterocycles. The van der Waals surface area contributed by atoms with Gasteiger partial charge in [0.1, 0.15) is 6.61 Å². The van der Waals surface area contributed by atoms with Crippen LogP contribution in [0.1, 0.15) is 82.6 Å². The molecule has 0 bridgehead atoms. The van der Waals surface area contributed by atoms with Gasteiger partial charge in [-0.05, 0) is 44.6 Å². The normalized spacial score (nSPS) is 11.1. The van der Waals surface area contributed by atoms with Crippen molar-refractivity contribution in [3.63, 3.8) is 0 Å². The quantitative estimate of drug-likeness (QED) is 0.196. The van der Waals surface area contributed by atoms with Crippen molar-refractivity contribution in [2.24, 2.45) is 0 Å². The van der Waals surface area contributed by atoms with Crippen LogP contribution in [0.15, 0.2) is 36.7 Å². The molecule has 0 aromatic carbocycles. The van der Waals surface area contributed by atoms with E-state index in [2.05, 4.69) is 17.1 Å². The number of alkyl halides is 1. The Kier molecular flexibility index (Phi) is 14.4. The van der Waals surface area contributed by atoms with Crippen LogP contribution in [0.25, 0.3) is 0 Å². The molecule has 4 heteroatoms. The number of ether oxygens (including phenoxy) is 1. The summed E-state index contributed by atoms with van der Waals surface area (Å²) in [6.07, 6.45) is 20.4. The van der Waals surface area contributed by atoms with Gasteiger partial charge >= 0.3 is 5.97 Å². The Morgan fingerprint density at radius 3 is 2.27 bits per heavy atom. The molecule has 0 spiro atoms. The van der Waals surface area contributed by atoms with Gasteiger partial charge in [0.2, 0.25) is 0 Å². The standard InChI is InChI=1S/C22H34FNO2/c23-17-13-11-9-7-5-3-1-2-4-6-8-10-12-16-22(25)26-20-21-15-14-18-24-19-21/h2,4,14-15,18-19H,1,3,5-13,16-17,20H2/b4-2-. The molecule has 26 heavy (non-hydrogen) atoms. The van der Waals surface area contributed by atoms with Crippen LogP contribution in [-0.4, -0.2) is 17.6 Å². The fourth-order valence-electron chi connectivity index (χ4n) is 2.73. The van der Waals surface area contributed by atoms with Gasteiger partial charge in [0.05, 0.1) is 6.67 Å². The van der Waals surface area contributed by atoms with E-state index in [1.165, 1.54) is 19.3 Å². The van der Waals surface area contributed by atoms with Crippen LogP contribution in [0.2, 0.25) is 0 Å². The summed E-state index contributed by atoms with van der Waals surface area (Å²) in [7, 11) is 0. The van der Waals surface area contributed by atoms with Crippen molar-refractivity contribution in [2.75, 3.05) is 6.67 Å². The molecule has 0 amide bonds. The number of hydrogen-bond donors (Lipinski definition) is 0. The van der Waals surface area contributed by atoms with Crippen molar-refractivity contribution in [1.29, 1.82) is 0 Å². The molecule has 1 aromatic rings. The van der Waals surface area contributed by atoms with Gasteiger partial charge in [-0.25, -0.2) is 0 Å². The summed E-state index contributed by atoms with van der Waals surface area (Å²) in [6.45, 7) is 0.139. The first-order valence-corrected chi connectivity index (χ1v) is 10.1. The maximum atomic E-state index is 11.9. The van der Waals surface area contributed by atoms with E-state index in [9.17, 15) is 9.18 Å². The number of carbonyl (C=O) groups is 1. The van der Waals surface area contributed by atoms with Gasteiger partial charge in [-0.3, -0.25) is 14.2 Å². The van der Waals surface area contributed by atoms with Crippen LogP contribution in [0, 0.1) is 0 Å². The van der Waals surface area contributed by atoms with Crippen LogP contribution >= 0.6 is 0 Å². The Hall–Kier alpha value is -1.71. The zero-order valence-electron chi connectivity index (χ0n) is 16.0. The molecule has 146 valence electrons. The van der Waals surface area contributed by atoms with Crippen molar-refractivity contribution < 1.29 is 13.9 Å². The first kappa shape index (κ1) is 22.3. The van der Waals surface area contributed by atoms with Crippen LogP contribution < -0.4 is 0 Å². The Labute approximate surface area is 158 Å². The van der Waals surface area contributed by atoms with Gasteiger partial charge in [-0.15, -0.1) is 0 Å². The van der Waals surface area contributed by atoms with Crippen molar-refractivity contribution in [3.05, 3.63) is 42.2 Å². The van der Waals surface area contributed by atoms with Crippen LogP contribution in [-0.2, 0) is 16.1 Å². The minimum Gasteiger partial charge on any atom is -0.461 e. The molecule has 0 radical (unpaired) electrons. The number of aromatic nitrogens is 1. The molecule has 0 N–H and O–H groups in total. The Bertz CT molecular complexity index is 476. The molecule has 0 unspecified atom stereocenters. The van der Waals surface area contributed by atoms with Crippen molar-refractivity contribution >= 4 is 5.97 Å². The number of pyridine rings is 1. The molecule has 0 saturated heterocycles. The Morgan fingerprint density at radius 1 is 0.962 bits per heavy atom. The van der Waals surface area contributed by atoms with Gasteiger partial charge in [-0.2, -0.15) is 0 Å². The highest BCUT2D eigenvalue weighted by Crippen LogP contribution is 2.09. The summed E-state index contributed by atoms with van der Waals surface area (Å²) in [5.74, 6) is -0.129. The number of nitrogens with zero attached hydrogens (tertiary/aromatic N) is 1. The highest BCUT2D eigenvalue weighted by molar-refractivity contribution is 5.69. The highest BCUT2D eigenvalue weighted by Gasteiger charge is 2.03. The van der Waals surface area contributed by atoms with E-state index >= 15 is 0 Å². The first-order valence-electron chi connectivity index (χ1n) is 10.1. The van der Waals surface area contributed by atoms with Crippen LogP contribution in [0.5, 0.6) is 0 Å². The predicted octanol–water partition coefficient (Wildman–Crippen LogP) is 6.33. The molecular weight excluding hydrogens is 329 g/mol. The van der Waals surface area contributed by atoms with Crippen LogP contribution in [0.4, 0.5) is 4.39 Å². The second-order valence-electron chi connectivity index (χ2n) is 6.69. The van der Waals surface area contributed by atoms with Gasteiger partial charge < -0.3 is 4.74 Å². The monoisotopic (exact) mass is 363 g/mol. The lowest BCUT2D eigenvalue weighted by atomic mass is 10.1. The van der Waals surface area contributed by atoms with E-state index in [1.54, 1.807) is 12.4 Å². The first-order chi connectivity index (χ1) is 12.8. The summed E-state index contributed by atoms with van der Waals surface area (Å²) >= 11 is 0. The van der Waals surface area contributed by atoms with E-state index in [4.69, 9.17) is 4.74 Å². The SMILES string of the molecule is O=C(CCCCC/C=C\CCCCCCCCF)OCc1cccnc1. The van der Waals surface area contributed by atoms with E-state index in [1.807, 2.05) is 12.1 Å². The van der Waals surface area contributed by atoms with Gasteiger partial charge in [0.25, 0.3) is 0 Å². The average Bonchev–Trinajstić information content (AvgIpc) is 2.67. The molecule has 0 atom stereocenters. The zero-order chi connectivity index (χ0) is 18.7. The highest BCUT2D eigenvalue weighted by atomic mass is 19.1. The zero-order valence-corrected chi connectivity index (χ0v) is 16.0. The molecule has 1 aromatic heterocycles. The molecule has 1 rings (SSSR count). The maximum absolute atomic E-state index is 11.9. The third-order valence-corrected chi connectivity index (χ3v) is 4.30. The lowest BCUT2D eigenvalue weighted by Crippen LogP contribution is -2.04. The summed E-state index contributed by atoms with van der Waals surface area (Å²) in [5, 5.41) is 0. The summed E-state index contributed by atoms with van der Waals surface area (Å²) < 4.78 is 17.2. The Morgan fingerprint density at radius 2 is 1.62 bits per heavy atom. The lowest BCUT2D eigenvalue weighted by molar-refractivity contribution is -0.145. The number of allylic oxidation sites excluding steroid dienone is 2. The van der Waals surface area contributed by atoms with E-state index in [0.717, 1.165) is 56.9 Å². The maximum Gasteiger partial charge on any atom is 0.306 e. The molecule has 0 aliphatic carbocycles. The van der Waals surface area contributed by atoms with Gasteiger partial charge in [0.15, 0.2) is 0 Å². The summed E-state index contributed by atoms with van der Waals surface area (Å²) in [6, 6.07) is 3.74. The lowest BCUT2D eigenvalue weighted by Gasteiger charge is -2.04. The van der Waals surface area contributed by atoms with Crippen molar-refractivity contribution in [2.45, 2.75) is 83.7 Å². The minimum absolute atomic E-state index is 0.129. The summed E-state index contributed by atoms with van der Waals surface area (Å²) in [5.41, 5.74) is 0.922.